The van der Waals surface area contributed by atoms with Gasteiger partial charge >= 0.3 is 5.97 Å². The standard InChI is InChI=1S/C14H17NO4/c1-2-9-19-12-6-4-3-5-11(12)7-8-13(16)15-10-14(17)18/h3-8H,2,9-10H2,1H3,(H,15,16)(H,17,18). The maximum atomic E-state index is 11.3. The number of carboxylic acids is 1. The summed E-state index contributed by atoms with van der Waals surface area (Å²) in [4.78, 5) is 21.6. The molecule has 1 amide bonds. The summed E-state index contributed by atoms with van der Waals surface area (Å²) < 4.78 is 5.54. The van der Waals surface area contributed by atoms with Gasteiger partial charge in [-0.1, -0.05) is 25.1 Å². The fourth-order valence-electron chi connectivity index (χ4n) is 1.35. The van der Waals surface area contributed by atoms with Gasteiger partial charge in [-0.2, -0.15) is 0 Å². The van der Waals surface area contributed by atoms with Gasteiger partial charge in [0.2, 0.25) is 5.91 Å². The molecule has 1 rings (SSSR count). The van der Waals surface area contributed by atoms with Gasteiger partial charge in [-0.05, 0) is 18.6 Å². The highest BCUT2D eigenvalue weighted by Crippen LogP contribution is 2.19. The van der Waals surface area contributed by atoms with E-state index in [4.69, 9.17) is 9.84 Å². The average molecular weight is 263 g/mol. The Morgan fingerprint density at radius 3 is 2.79 bits per heavy atom. The Labute approximate surface area is 111 Å². The Hall–Kier alpha value is -2.30. The summed E-state index contributed by atoms with van der Waals surface area (Å²) in [6, 6.07) is 7.34. The Morgan fingerprint density at radius 2 is 2.11 bits per heavy atom. The summed E-state index contributed by atoms with van der Waals surface area (Å²) in [6.45, 7) is 2.23. The molecule has 2 N–H and O–H groups in total. The molecule has 1 aromatic rings. The van der Waals surface area contributed by atoms with E-state index < -0.39 is 18.4 Å². The van der Waals surface area contributed by atoms with Gasteiger partial charge in [0.05, 0.1) is 6.61 Å². The number of hydrogen-bond donors (Lipinski definition) is 2. The molecule has 0 spiro atoms. The number of nitrogens with one attached hydrogen (secondary N) is 1. The van der Waals surface area contributed by atoms with Crippen LogP contribution in [-0.2, 0) is 9.59 Å². The number of benzene rings is 1. The van der Waals surface area contributed by atoms with Crippen LogP contribution in [0.5, 0.6) is 5.75 Å². The van der Waals surface area contributed by atoms with Crippen molar-refractivity contribution >= 4 is 18.0 Å². The second-order valence-electron chi connectivity index (χ2n) is 3.83. The van der Waals surface area contributed by atoms with Crippen molar-refractivity contribution in [2.24, 2.45) is 0 Å². The van der Waals surface area contributed by atoms with Crippen molar-refractivity contribution in [1.29, 1.82) is 0 Å². The van der Waals surface area contributed by atoms with Crippen molar-refractivity contribution in [3.8, 4) is 5.75 Å². The number of hydrogen-bond acceptors (Lipinski definition) is 3. The van der Waals surface area contributed by atoms with E-state index in [9.17, 15) is 9.59 Å². The lowest BCUT2D eigenvalue weighted by Gasteiger charge is -2.07. The first kappa shape index (κ1) is 14.8. The van der Waals surface area contributed by atoms with Crippen LogP contribution in [0.3, 0.4) is 0 Å². The summed E-state index contributed by atoms with van der Waals surface area (Å²) >= 11 is 0. The third-order valence-corrected chi connectivity index (χ3v) is 2.21. The number of carboxylic acid groups (broad SMARTS) is 1. The molecule has 0 aliphatic heterocycles. The van der Waals surface area contributed by atoms with Crippen LogP contribution in [0.15, 0.2) is 30.3 Å². The van der Waals surface area contributed by atoms with Crippen molar-refractivity contribution in [1.82, 2.24) is 5.32 Å². The lowest BCUT2D eigenvalue weighted by molar-refractivity contribution is -0.137. The zero-order valence-electron chi connectivity index (χ0n) is 10.8. The molecule has 5 heteroatoms. The molecule has 19 heavy (non-hydrogen) atoms. The van der Waals surface area contributed by atoms with E-state index in [1.165, 1.54) is 6.08 Å². The SMILES string of the molecule is CCCOc1ccccc1C=CC(=O)NCC(=O)O. The molecule has 1 aromatic carbocycles. The number of ether oxygens (including phenoxy) is 1. The first-order valence-electron chi connectivity index (χ1n) is 6.03. The molecule has 102 valence electrons. The van der Waals surface area contributed by atoms with Crippen molar-refractivity contribution in [2.75, 3.05) is 13.2 Å². The maximum absolute atomic E-state index is 11.3. The van der Waals surface area contributed by atoms with Gasteiger partial charge in [-0.15, -0.1) is 0 Å². The van der Waals surface area contributed by atoms with Crippen molar-refractivity contribution in [3.63, 3.8) is 0 Å². The highest BCUT2D eigenvalue weighted by molar-refractivity contribution is 5.93. The summed E-state index contributed by atoms with van der Waals surface area (Å²) in [5, 5.41) is 10.7. The van der Waals surface area contributed by atoms with Gasteiger partial charge in [-0.3, -0.25) is 9.59 Å². The Morgan fingerprint density at radius 1 is 1.37 bits per heavy atom. The van der Waals surface area contributed by atoms with Crippen LogP contribution in [0.4, 0.5) is 0 Å². The van der Waals surface area contributed by atoms with E-state index >= 15 is 0 Å². The maximum Gasteiger partial charge on any atom is 0.322 e. The first-order chi connectivity index (χ1) is 9.13. The van der Waals surface area contributed by atoms with Crippen LogP contribution < -0.4 is 10.1 Å². The normalized spacial score (nSPS) is 10.4. The predicted molar refractivity (Wildman–Crippen MR) is 71.9 cm³/mol. The van der Waals surface area contributed by atoms with Gasteiger partial charge in [0, 0.05) is 11.6 Å². The van der Waals surface area contributed by atoms with Gasteiger partial charge in [-0.25, -0.2) is 0 Å². The minimum atomic E-state index is -1.08. The van der Waals surface area contributed by atoms with Gasteiger partial charge in [0.1, 0.15) is 12.3 Å². The summed E-state index contributed by atoms with van der Waals surface area (Å²) in [5.41, 5.74) is 0.779. The molecule has 0 saturated heterocycles. The van der Waals surface area contributed by atoms with Crippen molar-refractivity contribution < 1.29 is 19.4 Å². The van der Waals surface area contributed by atoms with Gasteiger partial charge in [0.15, 0.2) is 0 Å². The van der Waals surface area contributed by atoms with E-state index in [0.717, 1.165) is 12.0 Å². The Bertz CT molecular complexity index is 468. The molecule has 0 bridgehead atoms. The molecule has 0 aliphatic rings. The average Bonchev–Trinajstić information content (AvgIpc) is 2.41. The van der Waals surface area contributed by atoms with E-state index in [2.05, 4.69) is 5.32 Å². The minimum Gasteiger partial charge on any atom is -0.493 e. The van der Waals surface area contributed by atoms with Crippen molar-refractivity contribution in [3.05, 3.63) is 35.9 Å². The zero-order valence-corrected chi connectivity index (χ0v) is 10.8. The quantitative estimate of drug-likeness (QED) is 0.734. The highest BCUT2D eigenvalue weighted by atomic mass is 16.5. The summed E-state index contributed by atoms with van der Waals surface area (Å²) in [5.74, 6) is -0.826. The van der Waals surface area contributed by atoms with Crippen LogP contribution in [0.1, 0.15) is 18.9 Å². The van der Waals surface area contributed by atoms with Crippen LogP contribution in [0.2, 0.25) is 0 Å². The van der Waals surface area contributed by atoms with Gasteiger partial charge in [0.25, 0.3) is 0 Å². The summed E-state index contributed by atoms with van der Waals surface area (Å²) in [7, 11) is 0. The van der Waals surface area contributed by atoms with Crippen LogP contribution in [0, 0.1) is 0 Å². The van der Waals surface area contributed by atoms with Crippen LogP contribution in [0.25, 0.3) is 6.08 Å². The molecule has 0 fully saturated rings. The molecule has 0 unspecified atom stereocenters. The van der Waals surface area contributed by atoms with Crippen molar-refractivity contribution in [2.45, 2.75) is 13.3 Å². The largest absolute Gasteiger partial charge is 0.493 e. The third-order valence-electron chi connectivity index (χ3n) is 2.21. The molecular formula is C14H17NO4. The Kier molecular flexibility index (Phi) is 6.15. The van der Waals surface area contributed by atoms with Crippen LogP contribution >= 0.6 is 0 Å². The Balaban J connectivity index is 2.64. The van der Waals surface area contributed by atoms with E-state index in [-0.39, 0.29) is 0 Å². The number of carbonyl (C=O) groups excluding carboxylic acids is 1. The molecule has 0 aliphatic carbocycles. The van der Waals surface area contributed by atoms with E-state index in [1.807, 2.05) is 31.2 Å². The highest BCUT2D eigenvalue weighted by Gasteiger charge is 2.02. The number of para-hydroxylation sites is 1. The van der Waals surface area contributed by atoms with E-state index in [0.29, 0.717) is 12.4 Å². The summed E-state index contributed by atoms with van der Waals surface area (Å²) in [6.07, 6.45) is 3.79. The lowest BCUT2D eigenvalue weighted by atomic mass is 10.2. The molecule has 5 nitrogen and oxygen atoms in total. The minimum absolute atomic E-state index is 0.392. The fourth-order valence-corrected chi connectivity index (χ4v) is 1.35. The second kappa shape index (κ2) is 7.92. The molecular weight excluding hydrogens is 246 g/mol. The smallest absolute Gasteiger partial charge is 0.322 e. The van der Waals surface area contributed by atoms with Gasteiger partial charge < -0.3 is 15.2 Å². The first-order valence-corrected chi connectivity index (χ1v) is 6.03. The number of carbonyl (C=O) groups is 2. The third kappa shape index (κ3) is 5.72. The molecule has 0 atom stereocenters. The molecule has 0 heterocycles. The van der Waals surface area contributed by atoms with Crippen LogP contribution in [-0.4, -0.2) is 30.1 Å². The molecule has 0 aromatic heterocycles. The second-order valence-corrected chi connectivity index (χ2v) is 3.83. The van der Waals surface area contributed by atoms with E-state index in [1.54, 1.807) is 6.08 Å². The number of aliphatic carboxylic acids is 1. The predicted octanol–water partition coefficient (Wildman–Crippen LogP) is 1.69. The topological polar surface area (TPSA) is 75.6 Å². The zero-order chi connectivity index (χ0) is 14.1. The number of amides is 1. The lowest BCUT2D eigenvalue weighted by Crippen LogP contribution is -2.27. The molecule has 0 saturated carbocycles. The molecule has 0 radical (unpaired) electrons. The monoisotopic (exact) mass is 263 g/mol. The number of rotatable bonds is 7. The fraction of sp³-hybridized carbons (Fsp3) is 0.286.